The van der Waals surface area contributed by atoms with Crippen LogP contribution >= 0.6 is 0 Å². The van der Waals surface area contributed by atoms with Crippen molar-refractivity contribution in [3.8, 4) is 0 Å². The first-order valence-electron chi connectivity index (χ1n) is 10.2. The Kier molecular flexibility index (Phi) is 5.30. The first kappa shape index (κ1) is 18.2. The van der Waals surface area contributed by atoms with Crippen molar-refractivity contribution in [2.45, 2.75) is 45.7 Å². The highest BCUT2D eigenvalue weighted by atomic mass is 16.2. The fraction of sp³-hybridized carbons (Fsp3) is 0.545. The molecule has 144 valence electrons. The lowest BCUT2D eigenvalue weighted by Crippen LogP contribution is -2.54. The molecule has 4 rings (SSSR count). The zero-order chi connectivity index (χ0) is 18.7. The second kappa shape index (κ2) is 7.85. The molecule has 5 heteroatoms. The molecular weight excluding hydrogens is 336 g/mol. The monoisotopic (exact) mass is 366 g/mol. The summed E-state index contributed by atoms with van der Waals surface area (Å²) in [6.07, 6.45) is 8.15. The molecule has 1 unspecified atom stereocenters. The summed E-state index contributed by atoms with van der Waals surface area (Å²) in [7, 11) is 0. The predicted molar refractivity (Wildman–Crippen MR) is 106 cm³/mol. The lowest BCUT2D eigenvalue weighted by molar-refractivity contribution is -0.140. The van der Waals surface area contributed by atoms with Gasteiger partial charge in [0, 0.05) is 57.0 Å². The maximum atomic E-state index is 12.5. The number of carbonyl (C=O) groups is 1. The molecule has 27 heavy (non-hydrogen) atoms. The minimum Gasteiger partial charge on any atom is -0.338 e. The number of benzene rings is 1. The molecule has 2 aromatic rings. The van der Waals surface area contributed by atoms with E-state index in [0.717, 1.165) is 45.0 Å². The molecule has 2 aliphatic rings. The molecule has 0 bridgehead atoms. The van der Waals surface area contributed by atoms with Gasteiger partial charge in [-0.25, -0.2) is 4.98 Å². The Balaban J connectivity index is 1.39. The quantitative estimate of drug-likeness (QED) is 0.816. The second-order valence-corrected chi connectivity index (χ2v) is 8.28. The topological polar surface area (TPSA) is 41.4 Å². The molecule has 2 fully saturated rings. The van der Waals surface area contributed by atoms with Crippen LogP contribution in [-0.2, 0) is 17.9 Å². The lowest BCUT2D eigenvalue weighted by Gasteiger charge is -2.48. The summed E-state index contributed by atoms with van der Waals surface area (Å²) in [6.45, 7) is 8.05. The van der Waals surface area contributed by atoms with E-state index in [0.29, 0.717) is 12.3 Å². The molecule has 0 radical (unpaired) electrons. The number of imidazole rings is 1. The van der Waals surface area contributed by atoms with E-state index in [9.17, 15) is 4.79 Å². The molecule has 5 nitrogen and oxygen atoms in total. The number of hydrogen-bond donors (Lipinski definition) is 0. The van der Waals surface area contributed by atoms with Crippen LogP contribution in [0.4, 0.5) is 0 Å². The summed E-state index contributed by atoms with van der Waals surface area (Å²) >= 11 is 0. The van der Waals surface area contributed by atoms with Crippen molar-refractivity contribution < 1.29 is 4.79 Å². The van der Waals surface area contributed by atoms with Gasteiger partial charge in [0.1, 0.15) is 5.82 Å². The minimum atomic E-state index is 0.269. The van der Waals surface area contributed by atoms with Gasteiger partial charge < -0.3 is 14.4 Å². The van der Waals surface area contributed by atoms with Crippen molar-refractivity contribution in [3.05, 3.63) is 54.1 Å². The number of aromatic nitrogens is 2. The van der Waals surface area contributed by atoms with E-state index in [1.165, 1.54) is 24.9 Å². The normalized spacial score (nSPS) is 23.9. The molecule has 3 heterocycles. The number of aryl methyl sites for hydroxylation is 1. The largest absolute Gasteiger partial charge is 0.338 e. The Morgan fingerprint density at radius 3 is 2.74 bits per heavy atom. The van der Waals surface area contributed by atoms with E-state index < -0.39 is 0 Å². The summed E-state index contributed by atoms with van der Waals surface area (Å²) in [5, 5.41) is 0. The van der Waals surface area contributed by atoms with Crippen LogP contribution in [0.1, 0.15) is 37.1 Å². The number of likely N-dealkylation sites (tertiary alicyclic amines) is 2. The van der Waals surface area contributed by atoms with Crippen LogP contribution in [0.3, 0.4) is 0 Å². The lowest BCUT2D eigenvalue weighted by atomic mass is 9.73. The van der Waals surface area contributed by atoms with Gasteiger partial charge in [-0.1, -0.05) is 30.3 Å². The first-order valence-corrected chi connectivity index (χ1v) is 10.2. The second-order valence-electron chi connectivity index (χ2n) is 8.28. The Morgan fingerprint density at radius 2 is 1.96 bits per heavy atom. The van der Waals surface area contributed by atoms with E-state index in [2.05, 4.69) is 56.7 Å². The van der Waals surface area contributed by atoms with E-state index in [1.54, 1.807) is 0 Å². The van der Waals surface area contributed by atoms with Crippen molar-refractivity contribution in [2.24, 2.45) is 5.41 Å². The number of hydrogen-bond acceptors (Lipinski definition) is 3. The van der Waals surface area contributed by atoms with Crippen molar-refractivity contribution in [2.75, 3.05) is 26.2 Å². The Labute approximate surface area is 162 Å². The molecule has 0 saturated carbocycles. The summed E-state index contributed by atoms with van der Waals surface area (Å²) in [4.78, 5) is 21.5. The highest BCUT2D eigenvalue weighted by molar-refractivity contribution is 5.77. The van der Waals surface area contributed by atoms with Crippen LogP contribution in [0.2, 0.25) is 0 Å². The number of nitrogens with zero attached hydrogens (tertiary/aromatic N) is 4. The minimum absolute atomic E-state index is 0.269. The van der Waals surface area contributed by atoms with Gasteiger partial charge in [-0.15, -0.1) is 0 Å². The van der Waals surface area contributed by atoms with Gasteiger partial charge >= 0.3 is 0 Å². The van der Waals surface area contributed by atoms with Crippen LogP contribution in [0.15, 0.2) is 42.7 Å². The number of piperidine rings is 2. The molecule has 1 aromatic carbocycles. The van der Waals surface area contributed by atoms with Crippen molar-refractivity contribution in [3.63, 3.8) is 0 Å². The number of amides is 1. The van der Waals surface area contributed by atoms with E-state index in [4.69, 9.17) is 0 Å². The third-order valence-corrected chi connectivity index (χ3v) is 6.29. The molecule has 1 atom stereocenters. The van der Waals surface area contributed by atoms with Crippen LogP contribution in [0.25, 0.3) is 0 Å². The summed E-state index contributed by atoms with van der Waals surface area (Å²) in [6, 6.07) is 10.4. The SMILES string of the molecule is Cc1nccn1CCN1CCCC2(CCC(=O)N(Cc3ccccc3)C2)C1. The zero-order valence-electron chi connectivity index (χ0n) is 16.3. The van der Waals surface area contributed by atoms with Gasteiger partial charge in [0.05, 0.1) is 0 Å². The van der Waals surface area contributed by atoms with E-state index in [1.807, 2.05) is 12.3 Å². The summed E-state index contributed by atoms with van der Waals surface area (Å²) in [5.41, 5.74) is 1.50. The average molecular weight is 367 g/mol. The van der Waals surface area contributed by atoms with Gasteiger partial charge in [0.2, 0.25) is 5.91 Å². The fourth-order valence-electron chi connectivity index (χ4n) is 4.77. The van der Waals surface area contributed by atoms with Crippen molar-refractivity contribution in [1.82, 2.24) is 19.4 Å². The molecular formula is C22H30N4O. The molecule has 0 aliphatic carbocycles. The van der Waals surface area contributed by atoms with Crippen LogP contribution in [-0.4, -0.2) is 51.4 Å². The Hall–Kier alpha value is -2.14. The zero-order valence-corrected chi connectivity index (χ0v) is 16.3. The number of carbonyl (C=O) groups excluding carboxylic acids is 1. The van der Waals surface area contributed by atoms with Gasteiger partial charge in [0.25, 0.3) is 0 Å². The molecule has 2 saturated heterocycles. The summed E-state index contributed by atoms with van der Waals surface area (Å²) < 4.78 is 2.23. The maximum absolute atomic E-state index is 12.5. The highest BCUT2D eigenvalue weighted by Crippen LogP contribution is 2.39. The highest BCUT2D eigenvalue weighted by Gasteiger charge is 2.41. The Bertz CT molecular complexity index is 772. The van der Waals surface area contributed by atoms with Crippen LogP contribution in [0.5, 0.6) is 0 Å². The molecule has 1 spiro atoms. The predicted octanol–water partition coefficient (Wildman–Crippen LogP) is 3.10. The summed E-state index contributed by atoms with van der Waals surface area (Å²) in [5.74, 6) is 1.40. The number of rotatable bonds is 5. The smallest absolute Gasteiger partial charge is 0.222 e. The first-order chi connectivity index (χ1) is 13.1. The van der Waals surface area contributed by atoms with Crippen molar-refractivity contribution >= 4 is 5.91 Å². The molecule has 1 amide bonds. The Morgan fingerprint density at radius 1 is 1.11 bits per heavy atom. The van der Waals surface area contributed by atoms with Crippen LogP contribution in [0, 0.1) is 12.3 Å². The molecule has 1 aromatic heterocycles. The van der Waals surface area contributed by atoms with Gasteiger partial charge in [0.15, 0.2) is 0 Å². The third kappa shape index (κ3) is 4.24. The average Bonchev–Trinajstić information content (AvgIpc) is 3.09. The van der Waals surface area contributed by atoms with E-state index >= 15 is 0 Å². The maximum Gasteiger partial charge on any atom is 0.222 e. The van der Waals surface area contributed by atoms with Crippen molar-refractivity contribution in [1.29, 1.82) is 0 Å². The standard InChI is InChI=1S/C22H30N4O/c1-19-23-11-13-25(19)15-14-24-12-5-9-22(17-24)10-8-21(27)26(18-22)16-20-6-3-2-4-7-20/h2-4,6-7,11,13H,5,8-10,12,14-18H2,1H3. The molecule has 2 aliphatic heterocycles. The van der Waals surface area contributed by atoms with E-state index in [-0.39, 0.29) is 5.41 Å². The van der Waals surface area contributed by atoms with Gasteiger partial charge in [-0.2, -0.15) is 0 Å². The molecule has 0 N–H and O–H groups in total. The van der Waals surface area contributed by atoms with Crippen LogP contribution < -0.4 is 0 Å². The van der Waals surface area contributed by atoms with Gasteiger partial charge in [-0.05, 0) is 38.3 Å². The van der Waals surface area contributed by atoms with Gasteiger partial charge in [-0.3, -0.25) is 4.79 Å². The fourth-order valence-corrected chi connectivity index (χ4v) is 4.77. The third-order valence-electron chi connectivity index (χ3n) is 6.29.